The number of ether oxygens (including phenoxy) is 1. The number of carbonyl (C=O) groups is 1. The van der Waals surface area contributed by atoms with Crippen LogP contribution in [0.3, 0.4) is 0 Å². The van der Waals surface area contributed by atoms with Gasteiger partial charge in [0.15, 0.2) is 11.6 Å². The molecule has 1 aliphatic heterocycles. The number of hydrogen-bond acceptors (Lipinski definition) is 5. The summed E-state index contributed by atoms with van der Waals surface area (Å²) in [5, 5.41) is 1.21. The summed E-state index contributed by atoms with van der Waals surface area (Å²) in [6, 6.07) is 14.7. The number of nitrogens with two attached hydrogens (primary N) is 2. The number of pyridine rings is 1. The van der Waals surface area contributed by atoms with Gasteiger partial charge in [0.25, 0.3) is 5.91 Å². The topological polar surface area (TPSA) is 94.5 Å². The molecule has 8 heteroatoms. The number of carbonyl (C=O) groups excluding carboxylic acids is 1. The summed E-state index contributed by atoms with van der Waals surface area (Å²) in [6.45, 7) is 1.65. The summed E-state index contributed by atoms with van der Waals surface area (Å²) in [4.78, 5) is 18.7. The Hall–Kier alpha value is -2.80. The molecule has 2 aromatic carbocycles. The molecule has 1 amide bonds. The van der Waals surface area contributed by atoms with Crippen LogP contribution < -0.4 is 16.2 Å². The van der Waals surface area contributed by atoms with E-state index in [9.17, 15) is 4.79 Å². The van der Waals surface area contributed by atoms with Crippen LogP contribution in [0.15, 0.2) is 54.7 Å². The molecule has 3 aromatic rings. The molecule has 0 radical (unpaired) electrons. The Bertz CT molecular complexity index is 1100. The van der Waals surface area contributed by atoms with Crippen molar-refractivity contribution in [1.29, 1.82) is 0 Å². The molecule has 166 valence electrons. The van der Waals surface area contributed by atoms with Crippen molar-refractivity contribution in [3.8, 4) is 16.9 Å². The lowest BCUT2D eigenvalue weighted by atomic mass is 10.0. The molecule has 2 heterocycles. The van der Waals surface area contributed by atoms with E-state index in [1.165, 1.54) is 0 Å². The average Bonchev–Trinajstić information content (AvgIpc) is 3.23. The summed E-state index contributed by atoms with van der Waals surface area (Å²) < 4.78 is 5.87. The molecular weight excluding hydrogens is 447 g/mol. The Balaban J connectivity index is 1.44. The van der Waals surface area contributed by atoms with Crippen molar-refractivity contribution in [2.75, 3.05) is 25.4 Å². The van der Waals surface area contributed by atoms with Crippen LogP contribution in [-0.2, 0) is 6.42 Å². The Morgan fingerprint density at radius 3 is 2.50 bits per heavy atom. The maximum Gasteiger partial charge on any atom is 0.253 e. The second-order valence-corrected chi connectivity index (χ2v) is 8.60. The number of amides is 1. The first-order valence-corrected chi connectivity index (χ1v) is 11.1. The van der Waals surface area contributed by atoms with Gasteiger partial charge < -0.3 is 21.1 Å². The second-order valence-electron chi connectivity index (χ2n) is 7.78. The highest BCUT2D eigenvalue weighted by atomic mass is 35.5. The lowest BCUT2D eigenvalue weighted by molar-refractivity contribution is 0.0791. The molecule has 4 rings (SSSR count). The molecule has 1 aromatic heterocycles. The van der Waals surface area contributed by atoms with Crippen LogP contribution in [0.2, 0.25) is 10.0 Å². The van der Waals surface area contributed by atoms with Gasteiger partial charge in [0.05, 0.1) is 6.61 Å². The largest absolute Gasteiger partial charge is 0.489 e. The van der Waals surface area contributed by atoms with E-state index in [1.807, 2.05) is 30.3 Å². The highest BCUT2D eigenvalue weighted by Crippen LogP contribution is 2.29. The van der Waals surface area contributed by atoms with Crippen molar-refractivity contribution in [2.45, 2.75) is 18.9 Å². The fourth-order valence-electron chi connectivity index (χ4n) is 3.72. The molecule has 6 nitrogen and oxygen atoms in total. The van der Waals surface area contributed by atoms with Gasteiger partial charge in [0, 0.05) is 52.9 Å². The van der Waals surface area contributed by atoms with Crippen molar-refractivity contribution in [1.82, 2.24) is 9.88 Å². The molecule has 1 saturated heterocycles. The van der Waals surface area contributed by atoms with Crippen LogP contribution in [0.5, 0.6) is 5.75 Å². The van der Waals surface area contributed by atoms with Gasteiger partial charge in [-0.25, -0.2) is 4.98 Å². The number of nitrogens with zero attached hydrogens (tertiary/aromatic N) is 2. The van der Waals surface area contributed by atoms with Crippen LogP contribution in [0, 0.1) is 0 Å². The van der Waals surface area contributed by atoms with Gasteiger partial charge in [-0.15, -0.1) is 0 Å². The van der Waals surface area contributed by atoms with E-state index in [2.05, 4.69) is 4.98 Å². The molecule has 0 bridgehead atoms. The number of halogens is 2. The first kappa shape index (κ1) is 22.4. The molecular formula is C24H24Cl2N4O2. The minimum atomic E-state index is 0.00203. The monoisotopic (exact) mass is 470 g/mol. The van der Waals surface area contributed by atoms with Crippen molar-refractivity contribution in [3.05, 3.63) is 75.9 Å². The predicted molar refractivity (Wildman–Crippen MR) is 128 cm³/mol. The van der Waals surface area contributed by atoms with Crippen LogP contribution in [0.25, 0.3) is 11.1 Å². The highest BCUT2D eigenvalue weighted by Gasteiger charge is 2.24. The zero-order valence-corrected chi connectivity index (χ0v) is 18.9. The van der Waals surface area contributed by atoms with Crippen LogP contribution in [-0.4, -0.2) is 41.5 Å². The number of likely N-dealkylation sites (tertiary alicyclic amines) is 1. The van der Waals surface area contributed by atoms with Crippen LogP contribution >= 0.6 is 23.2 Å². The van der Waals surface area contributed by atoms with Gasteiger partial charge in [0.1, 0.15) is 0 Å². The lowest BCUT2D eigenvalue weighted by Crippen LogP contribution is -2.31. The molecule has 1 fully saturated rings. The number of rotatable bonds is 6. The van der Waals surface area contributed by atoms with Gasteiger partial charge in [-0.2, -0.15) is 0 Å². The van der Waals surface area contributed by atoms with Gasteiger partial charge in [-0.05, 0) is 47.9 Å². The second kappa shape index (κ2) is 9.77. The first-order valence-electron chi connectivity index (χ1n) is 10.4. The summed E-state index contributed by atoms with van der Waals surface area (Å²) in [5.74, 6) is 0.787. The Morgan fingerprint density at radius 1 is 1.12 bits per heavy atom. The zero-order valence-electron chi connectivity index (χ0n) is 17.4. The van der Waals surface area contributed by atoms with Gasteiger partial charge in [-0.3, -0.25) is 4.79 Å². The lowest BCUT2D eigenvalue weighted by Gasteiger charge is -2.16. The van der Waals surface area contributed by atoms with E-state index in [0.717, 1.165) is 23.1 Å². The van der Waals surface area contributed by atoms with E-state index in [1.54, 1.807) is 29.3 Å². The smallest absolute Gasteiger partial charge is 0.253 e. The van der Waals surface area contributed by atoms with E-state index in [4.69, 9.17) is 39.4 Å². The van der Waals surface area contributed by atoms with E-state index in [0.29, 0.717) is 53.3 Å². The molecule has 4 N–H and O–H groups in total. The van der Waals surface area contributed by atoms with Gasteiger partial charge in [-0.1, -0.05) is 41.4 Å². The molecule has 1 aliphatic rings. The van der Waals surface area contributed by atoms with Crippen molar-refractivity contribution in [3.63, 3.8) is 0 Å². The first-order chi connectivity index (χ1) is 15.4. The average molecular weight is 471 g/mol. The molecule has 32 heavy (non-hydrogen) atoms. The fraction of sp³-hybridized carbons (Fsp3) is 0.250. The van der Waals surface area contributed by atoms with E-state index < -0.39 is 0 Å². The standard InChI is InChI=1S/C24H24Cl2N4O2/c25-20-2-1-3-21(26)19(20)9-11-32-22-12-17(13-29-23(22)28)15-4-6-16(7-5-15)24(31)30-10-8-18(27)14-30/h1-7,12-13,18H,8-11,14,27H2,(H2,28,29). The third-order valence-electron chi connectivity index (χ3n) is 5.53. The summed E-state index contributed by atoms with van der Waals surface area (Å²) in [7, 11) is 0. The SMILES string of the molecule is Nc1ncc(-c2ccc(C(=O)N3CCC(N)C3)cc2)cc1OCCc1c(Cl)cccc1Cl. The Morgan fingerprint density at radius 2 is 1.84 bits per heavy atom. The maximum atomic E-state index is 12.6. The summed E-state index contributed by atoms with van der Waals surface area (Å²) in [6.07, 6.45) is 3.06. The quantitative estimate of drug-likeness (QED) is 0.555. The number of hydrogen-bond donors (Lipinski definition) is 2. The number of anilines is 1. The van der Waals surface area contributed by atoms with E-state index >= 15 is 0 Å². The number of aromatic nitrogens is 1. The third-order valence-corrected chi connectivity index (χ3v) is 6.24. The summed E-state index contributed by atoms with van der Waals surface area (Å²) in [5.41, 5.74) is 15.1. The van der Waals surface area contributed by atoms with Gasteiger partial charge >= 0.3 is 0 Å². The molecule has 1 atom stereocenters. The highest BCUT2D eigenvalue weighted by molar-refractivity contribution is 6.36. The zero-order chi connectivity index (χ0) is 22.7. The van der Waals surface area contributed by atoms with Crippen molar-refractivity contribution < 1.29 is 9.53 Å². The molecule has 0 aliphatic carbocycles. The molecule has 0 saturated carbocycles. The number of benzene rings is 2. The minimum absolute atomic E-state index is 0.00203. The van der Waals surface area contributed by atoms with E-state index in [-0.39, 0.29) is 11.9 Å². The molecule has 1 unspecified atom stereocenters. The van der Waals surface area contributed by atoms with Gasteiger partial charge in [0.2, 0.25) is 0 Å². The van der Waals surface area contributed by atoms with Crippen molar-refractivity contribution in [2.24, 2.45) is 5.73 Å². The number of nitrogen functional groups attached to an aromatic ring is 1. The third kappa shape index (κ3) is 4.99. The molecule has 0 spiro atoms. The fourth-order valence-corrected chi connectivity index (χ4v) is 4.31. The Labute approximate surface area is 197 Å². The minimum Gasteiger partial charge on any atom is -0.489 e. The Kier molecular flexibility index (Phi) is 6.84. The van der Waals surface area contributed by atoms with Crippen LogP contribution in [0.1, 0.15) is 22.3 Å². The predicted octanol–water partition coefficient (Wildman–Crippen LogP) is 4.43. The van der Waals surface area contributed by atoms with Crippen LogP contribution in [0.4, 0.5) is 5.82 Å². The van der Waals surface area contributed by atoms with Crippen molar-refractivity contribution >= 4 is 34.9 Å². The normalized spacial score (nSPS) is 15.7. The summed E-state index contributed by atoms with van der Waals surface area (Å²) >= 11 is 12.4. The maximum absolute atomic E-state index is 12.6.